The fourth-order valence-electron chi connectivity index (χ4n) is 1.38. The van der Waals surface area contributed by atoms with E-state index in [4.69, 9.17) is 11.6 Å². The molecule has 4 nitrogen and oxygen atoms in total. The first-order valence-corrected chi connectivity index (χ1v) is 5.98. The molecule has 0 aliphatic heterocycles. The van der Waals surface area contributed by atoms with E-state index < -0.39 is 0 Å². The van der Waals surface area contributed by atoms with E-state index in [-0.39, 0.29) is 0 Å². The van der Waals surface area contributed by atoms with Crippen LogP contribution in [0.3, 0.4) is 0 Å². The number of aryl methyl sites for hydroxylation is 1. The molecule has 0 amide bonds. The van der Waals surface area contributed by atoms with Gasteiger partial charge in [-0.15, -0.1) is 0 Å². The Morgan fingerprint density at radius 1 is 1.12 bits per heavy atom. The number of rotatable bonds is 1. The van der Waals surface area contributed by atoms with Crippen LogP contribution in [0.25, 0.3) is 5.82 Å². The Bertz CT molecular complexity index is 505. The Kier molecular flexibility index (Phi) is 4.63. The van der Waals surface area contributed by atoms with Crippen LogP contribution in [-0.4, -0.2) is 19.7 Å². The number of nitrogens with zero attached hydrogens (tertiary/aromatic N) is 4. The van der Waals surface area contributed by atoms with E-state index in [9.17, 15) is 0 Å². The first kappa shape index (κ1) is 13.6. The van der Waals surface area contributed by atoms with Gasteiger partial charge in [0, 0.05) is 11.8 Å². The van der Waals surface area contributed by atoms with Gasteiger partial charge in [0.15, 0.2) is 5.82 Å². The van der Waals surface area contributed by atoms with Crippen LogP contribution in [0.15, 0.2) is 12.4 Å². The van der Waals surface area contributed by atoms with Crippen molar-refractivity contribution in [2.24, 2.45) is 0 Å². The third kappa shape index (κ3) is 2.82. The summed E-state index contributed by atoms with van der Waals surface area (Å²) in [5, 5.41) is 4.81. The molecule has 17 heavy (non-hydrogen) atoms. The first-order chi connectivity index (χ1) is 8.09. The molecule has 0 aliphatic carbocycles. The summed E-state index contributed by atoms with van der Waals surface area (Å²) >= 11 is 5.80. The van der Waals surface area contributed by atoms with Crippen molar-refractivity contribution in [3.8, 4) is 5.82 Å². The zero-order chi connectivity index (χ0) is 13.0. The van der Waals surface area contributed by atoms with Crippen LogP contribution in [0.1, 0.15) is 30.8 Å². The molecule has 0 radical (unpaired) electrons. The van der Waals surface area contributed by atoms with Gasteiger partial charge in [0.2, 0.25) is 0 Å². The highest BCUT2D eigenvalue weighted by molar-refractivity contribution is 6.29. The van der Waals surface area contributed by atoms with Gasteiger partial charge in [-0.05, 0) is 26.3 Å². The minimum Gasteiger partial charge on any atom is -0.224 e. The Morgan fingerprint density at radius 2 is 1.76 bits per heavy atom. The maximum atomic E-state index is 5.80. The monoisotopic (exact) mass is 252 g/mol. The number of hydrogen-bond acceptors (Lipinski definition) is 3. The van der Waals surface area contributed by atoms with Crippen LogP contribution in [0, 0.1) is 20.8 Å². The van der Waals surface area contributed by atoms with Gasteiger partial charge in [0.25, 0.3) is 0 Å². The van der Waals surface area contributed by atoms with E-state index in [1.165, 1.54) is 11.9 Å². The maximum absolute atomic E-state index is 5.80. The number of aromatic nitrogens is 4. The molecule has 0 aliphatic rings. The molecule has 2 heterocycles. The molecular weight excluding hydrogens is 236 g/mol. The molecule has 0 aromatic carbocycles. The summed E-state index contributed by atoms with van der Waals surface area (Å²) in [7, 11) is 0. The molecule has 5 heteroatoms. The largest absolute Gasteiger partial charge is 0.224 e. The lowest BCUT2D eigenvalue weighted by atomic mass is 10.2. The van der Waals surface area contributed by atoms with Gasteiger partial charge < -0.3 is 0 Å². The van der Waals surface area contributed by atoms with Crippen LogP contribution in [-0.2, 0) is 0 Å². The third-order valence-electron chi connectivity index (χ3n) is 2.49. The Hall–Kier alpha value is -1.42. The van der Waals surface area contributed by atoms with Crippen LogP contribution in [0.5, 0.6) is 0 Å². The van der Waals surface area contributed by atoms with Crippen LogP contribution < -0.4 is 0 Å². The summed E-state index contributed by atoms with van der Waals surface area (Å²) in [6.45, 7) is 10.0. The lowest BCUT2D eigenvalue weighted by Gasteiger charge is -2.02. The zero-order valence-electron chi connectivity index (χ0n) is 10.8. The summed E-state index contributed by atoms with van der Waals surface area (Å²) < 4.78 is 1.78. The Labute approximate surface area is 107 Å². The smallest absolute Gasteiger partial charge is 0.158 e. The fourth-order valence-corrected chi connectivity index (χ4v) is 1.53. The predicted octanol–water partition coefficient (Wildman–Crippen LogP) is 3.27. The summed E-state index contributed by atoms with van der Waals surface area (Å²) in [6, 6.07) is 1.69. The van der Waals surface area contributed by atoms with E-state index in [0.717, 1.165) is 11.4 Å². The highest BCUT2D eigenvalue weighted by atomic mass is 35.5. The molecule has 0 atom stereocenters. The quantitative estimate of drug-likeness (QED) is 0.732. The third-order valence-corrected chi connectivity index (χ3v) is 2.70. The SMILES string of the molecule is CC.Cc1nn(-c2cc(Cl)ncn2)c(C)c1C. The molecule has 2 aromatic rings. The summed E-state index contributed by atoms with van der Waals surface area (Å²) in [5.41, 5.74) is 3.24. The molecular formula is C12H17ClN4. The lowest BCUT2D eigenvalue weighted by Crippen LogP contribution is -2.02. The molecule has 0 saturated carbocycles. The van der Waals surface area contributed by atoms with Gasteiger partial charge in [0.1, 0.15) is 11.5 Å². The van der Waals surface area contributed by atoms with Gasteiger partial charge in [-0.2, -0.15) is 5.10 Å². The molecule has 0 bridgehead atoms. The molecule has 0 N–H and O–H groups in total. The van der Waals surface area contributed by atoms with Crippen molar-refractivity contribution in [1.29, 1.82) is 0 Å². The second kappa shape index (κ2) is 5.77. The summed E-state index contributed by atoms with van der Waals surface area (Å²) in [6.07, 6.45) is 1.43. The Balaban J connectivity index is 0.000000686. The van der Waals surface area contributed by atoms with Crippen molar-refractivity contribution in [3.63, 3.8) is 0 Å². The van der Waals surface area contributed by atoms with Crippen molar-refractivity contribution < 1.29 is 0 Å². The van der Waals surface area contributed by atoms with Gasteiger partial charge in [-0.1, -0.05) is 25.4 Å². The van der Waals surface area contributed by atoms with Crippen molar-refractivity contribution in [3.05, 3.63) is 34.5 Å². The minimum absolute atomic E-state index is 0.421. The van der Waals surface area contributed by atoms with E-state index in [1.807, 2.05) is 34.6 Å². The van der Waals surface area contributed by atoms with E-state index >= 15 is 0 Å². The molecule has 92 valence electrons. The van der Waals surface area contributed by atoms with Gasteiger partial charge >= 0.3 is 0 Å². The molecule has 0 saturated heterocycles. The number of hydrogen-bond donors (Lipinski definition) is 0. The Morgan fingerprint density at radius 3 is 2.24 bits per heavy atom. The first-order valence-electron chi connectivity index (χ1n) is 5.60. The van der Waals surface area contributed by atoms with Crippen molar-refractivity contribution in [2.75, 3.05) is 0 Å². The van der Waals surface area contributed by atoms with Gasteiger partial charge in [-0.3, -0.25) is 0 Å². The van der Waals surface area contributed by atoms with Crippen molar-refractivity contribution >= 4 is 11.6 Å². The van der Waals surface area contributed by atoms with E-state index in [2.05, 4.69) is 15.1 Å². The topological polar surface area (TPSA) is 43.6 Å². The predicted molar refractivity (Wildman–Crippen MR) is 69.7 cm³/mol. The molecule has 2 rings (SSSR count). The lowest BCUT2D eigenvalue weighted by molar-refractivity contribution is 0.800. The molecule has 0 spiro atoms. The standard InChI is InChI=1S/C10H11ClN4.C2H6/c1-6-7(2)14-15(8(6)3)10-4-9(11)12-5-13-10;1-2/h4-5H,1-3H3;1-2H3. The van der Waals surface area contributed by atoms with Gasteiger partial charge in [-0.25, -0.2) is 14.6 Å². The van der Waals surface area contributed by atoms with E-state index in [1.54, 1.807) is 10.7 Å². The number of halogens is 1. The average Bonchev–Trinajstić information content (AvgIpc) is 2.60. The van der Waals surface area contributed by atoms with Gasteiger partial charge in [0.05, 0.1) is 5.69 Å². The summed E-state index contributed by atoms with van der Waals surface area (Å²) in [5.74, 6) is 0.698. The zero-order valence-corrected chi connectivity index (χ0v) is 11.6. The molecule has 0 unspecified atom stereocenters. The fraction of sp³-hybridized carbons (Fsp3) is 0.417. The van der Waals surface area contributed by atoms with Crippen LogP contribution in [0.2, 0.25) is 5.15 Å². The van der Waals surface area contributed by atoms with Crippen molar-refractivity contribution in [1.82, 2.24) is 19.7 Å². The average molecular weight is 253 g/mol. The second-order valence-electron chi connectivity index (χ2n) is 3.41. The van der Waals surface area contributed by atoms with Crippen LogP contribution >= 0.6 is 11.6 Å². The molecule has 2 aromatic heterocycles. The highest BCUT2D eigenvalue weighted by Gasteiger charge is 2.09. The second-order valence-corrected chi connectivity index (χ2v) is 3.79. The van der Waals surface area contributed by atoms with Crippen LogP contribution in [0.4, 0.5) is 0 Å². The highest BCUT2D eigenvalue weighted by Crippen LogP contribution is 2.16. The minimum atomic E-state index is 0.421. The van der Waals surface area contributed by atoms with Crippen molar-refractivity contribution in [2.45, 2.75) is 34.6 Å². The van der Waals surface area contributed by atoms with E-state index in [0.29, 0.717) is 11.0 Å². The molecule has 0 fully saturated rings. The maximum Gasteiger partial charge on any atom is 0.158 e. The normalized spacial score (nSPS) is 9.76. The summed E-state index contributed by atoms with van der Waals surface area (Å²) in [4.78, 5) is 7.97.